The van der Waals surface area contributed by atoms with E-state index in [0.717, 1.165) is 0 Å². The highest BCUT2D eigenvalue weighted by atomic mass is 16.4. The minimum atomic E-state index is -1.02. The normalized spacial score (nSPS) is 15.1. The Hall–Kier alpha value is -3.11. The van der Waals surface area contributed by atoms with Crippen molar-refractivity contribution in [3.05, 3.63) is 6.33 Å². The average molecular weight is 321 g/mol. The first-order valence-electron chi connectivity index (χ1n) is 6.88. The Balaban J connectivity index is 1.86. The maximum absolute atomic E-state index is 10.9. The van der Waals surface area contributed by atoms with Crippen molar-refractivity contribution in [2.75, 3.05) is 36.8 Å². The van der Waals surface area contributed by atoms with Crippen LogP contribution in [0.1, 0.15) is 0 Å². The number of hydrogen-bond donors (Lipinski definition) is 3. The number of carbonyl (C=O) groups is 2. The summed E-state index contributed by atoms with van der Waals surface area (Å²) in [6.07, 6.45) is 0.406. The Kier molecular flexibility index (Phi) is 3.60. The molecule has 0 aliphatic carbocycles. The molecule has 1 fully saturated rings. The van der Waals surface area contributed by atoms with Gasteiger partial charge in [0, 0.05) is 26.2 Å². The number of carboxylic acids is 1. The molecule has 0 bridgehead atoms. The lowest BCUT2D eigenvalue weighted by molar-refractivity contribution is -0.137. The number of fused-ring (bicyclic) bond motifs is 1. The van der Waals surface area contributed by atoms with E-state index in [1.807, 2.05) is 4.90 Å². The van der Waals surface area contributed by atoms with Crippen LogP contribution in [0, 0.1) is 0 Å². The fraction of sp³-hybridized carbons (Fsp3) is 0.417. The van der Waals surface area contributed by atoms with Crippen molar-refractivity contribution in [1.29, 1.82) is 0 Å². The summed E-state index contributed by atoms with van der Waals surface area (Å²) >= 11 is 0. The lowest BCUT2D eigenvalue weighted by Gasteiger charge is -2.33. The SMILES string of the molecule is Nc1nc(N2CCN(C(=O)O)CC2)nc2ncn(CC(=O)O)c12. The van der Waals surface area contributed by atoms with Crippen LogP contribution in [0.2, 0.25) is 0 Å². The molecule has 1 saturated heterocycles. The number of carboxylic acid groups (broad SMARTS) is 2. The highest BCUT2D eigenvalue weighted by molar-refractivity contribution is 5.84. The van der Waals surface area contributed by atoms with Crippen LogP contribution in [-0.2, 0) is 11.3 Å². The highest BCUT2D eigenvalue weighted by Gasteiger charge is 2.23. The van der Waals surface area contributed by atoms with Crippen molar-refractivity contribution < 1.29 is 19.8 Å². The average Bonchev–Trinajstić information content (AvgIpc) is 2.90. The summed E-state index contributed by atoms with van der Waals surface area (Å²) in [5.74, 6) is -0.511. The molecule has 0 atom stereocenters. The first kappa shape index (κ1) is 14.8. The van der Waals surface area contributed by atoms with E-state index in [4.69, 9.17) is 15.9 Å². The lowest BCUT2D eigenvalue weighted by Crippen LogP contribution is -2.48. The van der Waals surface area contributed by atoms with Crippen LogP contribution in [0.25, 0.3) is 11.2 Å². The quantitative estimate of drug-likeness (QED) is 0.666. The minimum Gasteiger partial charge on any atom is -0.480 e. The van der Waals surface area contributed by atoms with Gasteiger partial charge in [-0.1, -0.05) is 0 Å². The van der Waals surface area contributed by atoms with Crippen LogP contribution >= 0.6 is 0 Å². The van der Waals surface area contributed by atoms with Gasteiger partial charge in [0.15, 0.2) is 11.5 Å². The Morgan fingerprint density at radius 3 is 2.48 bits per heavy atom. The number of nitrogens with two attached hydrogens (primary N) is 1. The van der Waals surface area contributed by atoms with Gasteiger partial charge in [-0.2, -0.15) is 9.97 Å². The van der Waals surface area contributed by atoms with Crippen LogP contribution in [0.15, 0.2) is 6.33 Å². The van der Waals surface area contributed by atoms with Crippen molar-refractivity contribution >= 4 is 35.0 Å². The van der Waals surface area contributed by atoms with E-state index in [0.29, 0.717) is 43.3 Å². The van der Waals surface area contributed by atoms with E-state index < -0.39 is 12.1 Å². The predicted molar refractivity (Wildman–Crippen MR) is 79.2 cm³/mol. The van der Waals surface area contributed by atoms with E-state index in [-0.39, 0.29) is 12.4 Å². The van der Waals surface area contributed by atoms with Crippen LogP contribution in [0.5, 0.6) is 0 Å². The number of amides is 1. The third-order valence-corrected chi connectivity index (χ3v) is 3.63. The molecule has 3 rings (SSSR count). The van der Waals surface area contributed by atoms with E-state index in [9.17, 15) is 9.59 Å². The number of nitrogens with zero attached hydrogens (tertiary/aromatic N) is 6. The Morgan fingerprint density at radius 2 is 1.87 bits per heavy atom. The van der Waals surface area contributed by atoms with E-state index in [2.05, 4.69) is 15.0 Å². The Morgan fingerprint density at radius 1 is 1.17 bits per heavy atom. The van der Waals surface area contributed by atoms with Crippen LogP contribution in [0.4, 0.5) is 16.6 Å². The van der Waals surface area contributed by atoms with Gasteiger partial charge in [0.05, 0.1) is 6.33 Å². The molecule has 4 N–H and O–H groups in total. The second-order valence-corrected chi connectivity index (χ2v) is 5.10. The molecular formula is C12H15N7O4. The third-order valence-electron chi connectivity index (χ3n) is 3.63. The molecule has 0 unspecified atom stereocenters. The molecular weight excluding hydrogens is 306 g/mol. The van der Waals surface area contributed by atoms with Crippen molar-refractivity contribution in [1.82, 2.24) is 24.4 Å². The number of anilines is 2. The van der Waals surface area contributed by atoms with Gasteiger partial charge >= 0.3 is 12.1 Å². The smallest absolute Gasteiger partial charge is 0.407 e. The zero-order valence-corrected chi connectivity index (χ0v) is 12.1. The van der Waals surface area contributed by atoms with Gasteiger partial charge in [-0.15, -0.1) is 0 Å². The van der Waals surface area contributed by atoms with E-state index in [1.165, 1.54) is 15.8 Å². The molecule has 0 aromatic carbocycles. The van der Waals surface area contributed by atoms with Gasteiger partial charge in [0.25, 0.3) is 0 Å². The van der Waals surface area contributed by atoms with Crippen molar-refractivity contribution in [3.63, 3.8) is 0 Å². The number of hydrogen-bond acceptors (Lipinski definition) is 7. The Labute approximate surface area is 130 Å². The molecule has 1 amide bonds. The minimum absolute atomic E-state index is 0.143. The van der Waals surface area contributed by atoms with E-state index >= 15 is 0 Å². The summed E-state index contributed by atoms with van der Waals surface area (Å²) in [7, 11) is 0. The molecule has 0 saturated carbocycles. The van der Waals surface area contributed by atoms with Crippen LogP contribution in [-0.4, -0.2) is 72.9 Å². The summed E-state index contributed by atoms with van der Waals surface area (Å²) in [5, 5.41) is 17.8. The van der Waals surface area contributed by atoms with Crippen molar-refractivity contribution in [3.8, 4) is 0 Å². The molecule has 3 heterocycles. The molecule has 1 aliphatic rings. The number of aliphatic carboxylic acids is 1. The zero-order valence-electron chi connectivity index (χ0n) is 12.1. The van der Waals surface area contributed by atoms with Crippen LogP contribution < -0.4 is 10.6 Å². The summed E-state index contributed by atoms with van der Waals surface area (Å²) < 4.78 is 1.37. The largest absolute Gasteiger partial charge is 0.480 e. The maximum Gasteiger partial charge on any atom is 0.407 e. The van der Waals surface area contributed by atoms with Gasteiger partial charge in [0.1, 0.15) is 12.1 Å². The second-order valence-electron chi connectivity index (χ2n) is 5.10. The van der Waals surface area contributed by atoms with E-state index in [1.54, 1.807) is 0 Å². The summed E-state index contributed by atoms with van der Waals surface area (Å²) in [5.41, 5.74) is 6.61. The number of nitrogen functional groups attached to an aromatic ring is 1. The molecule has 2 aromatic heterocycles. The number of rotatable bonds is 3. The summed E-state index contributed by atoms with van der Waals surface area (Å²) in [6, 6.07) is 0. The van der Waals surface area contributed by atoms with Gasteiger partial charge in [-0.3, -0.25) is 4.79 Å². The van der Waals surface area contributed by atoms with Gasteiger partial charge in [0.2, 0.25) is 5.95 Å². The molecule has 2 aromatic rings. The molecule has 0 radical (unpaired) electrons. The fourth-order valence-electron chi connectivity index (χ4n) is 2.50. The lowest BCUT2D eigenvalue weighted by atomic mass is 10.3. The molecule has 23 heavy (non-hydrogen) atoms. The monoisotopic (exact) mass is 321 g/mol. The number of aromatic nitrogens is 4. The number of piperazine rings is 1. The molecule has 1 aliphatic heterocycles. The van der Waals surface area contributed by atoms with Gasteiger partial charge in [-0.25, -0.2) is 9.78 Å². The third kappa shape index (κ3) is 2.80. The second kappa shape index (κ2) is 5.59. The van der Waals surface area contributed by atoms with Gasteiger partial charge in [-0.05, 0) is 0 Å². The first-order chi connectivity index (χ1) is 11.0. The predicted octanol–water partition coefficient (Wildman–Crippen LogP) is -0.707. The Bertz CT molecular complexity index is 766. The molecule has 122 valence electrons. The standard InChI is InChI=1S/C12H15N7O4/c13-9-8-10(14-6-19(8)5-7(20)21)16-11(15-9)17-1-3-18(4-2-17)12(22)23/h6H,1-5H2,(H,20,21)(H,22,23)(H2,13,15,16). The molecule has 0 spiro atoms. The highest BCUT2D eigenvalue weighted by Crippen LogP contribution is 2.21. The summed E-state index contributed by atoms with van der Waals surface area (Å²) in [4.78, 5) is 37.5. The zero-order chi connectivity index (χ0) is 16.6. The molecule has 11 heteroatoms. The van der Waals surface area contributed by atoms with Crippen molar-refractivity contribution in [2.24, 2.45) is 0 Å². The molecule has 11 nitrogen and oxygen atoms in total. The number of imidazole rings is 1. The topological polar surface area (TPSA) is 151 Å². The van der Waals surface area contributed by atoms with Gasteiger partial charge < -0.3 is 30.3 Å². The fourth-order valence-corrected chi connectivity index (χ4v) is 2.50. The first-order valence-corrected chi connectivity index (χ1v) is 6.88. The van der Waals surface area contributed by atoms with Crippen LogP contribution in [0.3, 0.4) is 0 Å². The van der Waals surface area contributed by atoms with Crippen molar-refractivity contribution in [2.45, 2.75) is 6.54 Å². The summed E-state index contributed by atoms with van der Waals surface area (Å²) in [6.45, 7) is 1.33. The maximum atomic E-state index is 10.9.